The Hall–Kier alpha value is -0.0800. The average molecular weight is 185 g/mol. The molecule has 2 heteroatoms. The van der Waals surface area contributed by atoms with Gasteiger partial charge < -0.3 is 10.1 Å². The number of ether oxygens (including phenoxy) is 1. The summed E-state index contributed by atoms with van der Waals surface area (Å²) >= 11 is 0. The van der Waals surface area contributed by atoms with Crippen LogP contribution in [0.5, 0.6) is 0 Å². The van der Waals surface area contributed by atoms with Gasteiger partial charge in [-0.15, -0.1) is 0 Å². The van der Waals surface area contributed by atoms with Crippen molar-refractivity contribution in [3.8, 4) is 0 Å². The number of rotatable bonds is 4. The van der Waals surface area contributed by atoms with E-state index in [0.717, 1.165) is 24.5 Å². The molecule has 2 nitrogen and oxygen atoms in total. The van der Waals surface area contributed by atoms with Crippen LogP contribution in [0.3, 0.4) is 0 Å². The van der Waals surface area contributed by atoms with Gasteiger partial charge in [0.05, 0.1) is 0 Å². The summed E-state index contributed by atoms with van der Waals surface area (Å²) < 4.78 is 5.21. The second-order valence-corrected chi connectivity index (χ2v) is 4.63. The highest BCUT2D eigenvalue weighted by molar-refractivity contribution is 4.78. The highest BCUT2D eigenvalue weighted by Crippen LogP contribution is 2.20. The molecule has 2 unspecified atom stereocenters. The van der Waals surface area contributed by atoms with Crippen molar-refractivity contribution in [1.29, 1.82) is 0 Å². The zero-order valence-electron chi connectivity index (χ0n) is 9.18. The van der Waals surface area contributed by atoms with Gasteiger partial charge in [-0.3, -0.25) is 0 Å². The maximum absolute atomic E-state index is 5.21. The highest BCUT2D eigenvalue weighted by atomic mass is 16.5. The second-order valence-electron chi connectivity index (χ2n) is 4.63. The smallest absolute Gasteiger partial charge is 0.0491 e. The molecule has 0 aromatic heterocycles. The Bertz CT molecular complexity index is 134. The van der Waals surface area contributed by atoms with Crippen LogP contribution in [-0.4, -0.2) is 26.3 Å². The van der Waals surface area contributed by atoms with Crippen molar-refractivity contribution >= 4 is 0 Å². The summed E-state index contributed by atoms with van der Waals surface area (Å²) in [6.45, 7) is 6.70. The Morgan fingerprint density at radius 2 is 2.23 bits per heavy atom. The third-order valence-electron chi connectivity index (χ3n) is 2.76. The second kappa shape index (κ2) is 5.61. The van der Waals surface area contributed by atoms with E-state index in [1.54, 1.807) is 7.11 Å². The largest absolute Gasteiger partial charge is 0.384 e. The monoisotopic (exact) mass is 185 g/mol. The van der Waals surface area contributed by atoms with Crippen molar-refractivity contribution in [1.82, 2.24) is 5.32 Å². The van der Waals surface area contributed by atoms with Crippen LogP contribution in [0, 0.1) is 11.8 Å². The van der Waals surface area contributed by atoms with Crippen molar-refractivity contribution in [2.75, 3.05) is 20.3 Å². The molecule has 0 aromatic carbocycles. The van der Waals surface area contributed by atoms with Crippen LogP contribution in [0.4, 0.5) is 0 Å². The molecular formula is C11H23NO. The Balaban J connectivity index is 2.24. The fourth-order valence-electron chi connectivity index (χ4n) is 2.23. The van der Waals surface area contributed by atoms with Gasteiger partial charge in [-0.25, -0.2) is 0 Å². The summed E-state index contributed by atoms with van der Waals surface area (Å²) in [6.07, 6.45) is 3.88. The van der Waals surface area contributed by atoms with E-state index in [2.05, 4.69) is 19.2 Å². The number of hydrogen-bond donors (Lipinski definition) is 1. The Labute approximate surface area is 82.0 Å². The predicted molar refractivity (Wildman–Crippen MR) is 55.8 cm³/mol. The van der Waals surface area contributed by atoms with Gasteiger partial charge in [-0.2, -0.15) is 0 Å². The Morgan fingerprint density at radius 3 is 2.85 bits per heavy atom. The molecule has 13 heavy (non-hydrogen) atoms. The highest BCUT2D eigenvalue weighted by Gasteiger charge is 2.21. The zero-order valence-corrected chi connectivity index (χ0v) is 9.18. The van der Waals surface area contributed by atoms with Gasteiger partial charge in [0.2, 0.25) is 0 Å². The number of nitrogens with one attached hydrogen (secondary N) is 1. The molecule has 0 aliphatic carbocycles. The van der Waals surface area contributed by atoms with Gasteiger partial charge in [-0.05, 0) is 37.6 Å². The van der Waals surface area contributed by atoms with Crippen LogP contribution in [-0.2, 0) is 4.74 Å². The number of piperidine rings is 1. The molecule has 1 saturated heterocycles. The van der Waals surface area contributed by atoms with Gasteiger partial charge in [0, 0.05) is 19.8 Å². The number of hydrogen-bond acceptors (Lipinski definition) is 2. The molecule has 1 rings (SSSR count). The molecular weight excluding hydrogens is 162 g/mol. The first-order valence-electron chi connectivity index (χ1n) is 5.44. The molecule has 1 N–H and O–H groups in total. The van der Waals surface area contributed by atoms with E-state index >= 15 is 0 Å². The lowest BCUT2D eigenvalue weighted by atomic mass is 9.89. The third kappa shape index (κ3) is 4.10. The molecule has 78 valence electrons. The molecule has 0 saturated carbocycles. The van der Waals surface area contributed by atoms with E-state index in [4.69, 9.17) is 4.74 Å². The fraction of sp³-hybridized carbons (Fsp3) is 1.00. The lowest BCUT2D eigenvalue weighted by molar-refractivity contribution is 0.120. The molecule has 0 radical (unpaired) electrons. The first-order valence-corrected chi connectivity index (χ1v) is 5.44. The summed E-state index contributed by atoms with van der Waals surface area (Å²) in [7, 11) is 1.81. The lowest BCUT2D eigenvalue weighted by Crippen LogP contribution is -2.40. The minimum Gasteiger partial charge on any atom is -0.384 e. The molecule has 0 amide bonds. The van der Waals surface area contributed by atoms with Gasteiger partial charge >= 0.3 is 0 Å². The molecule has 0 aromatic rings. The van der Waals surface area contributed by atoms with E-state index in [1.165, 1.54) is 25.8 Å². The molecule has 2 atom stereocenters. The topological polar surface area (TPSA) is 21.3 Å². The van der Waals surface area contributed by atoms with Crippen LogP contribution in [0.15, 0.2) is 0 Å². The summed E-state index contributed by atoms with van der Waals surface area (Å²) in [5.41, 5.74) is 0. The fourth-order valence-corrected chi connectivity index (χ4v) is 2.23. The van der Waals surface area contributed by atoms with Crippen molar-refractivity contribution in [2.24, 2.45) is 11.8 Å². The molecule has 0 spiro atoms. The maximum Gasteiger partial charge on any atom is 0.0491 e. The van der Waals surface area contributed by atoms with Crippen LogP contribution in [0.25, 0.3) is 0 Å². The first kappa shape index (κ1) is 11.0. The molecule has 0 bridgehead atoms. The minimum absolute atomic E-state index is 0.730. The third-order valence-corrected chi connectivity index (χ3v) is 2.76. The van der Waals surface area contributed by atoms with E-state index in [0.29, 0.717) is 0 Å². The van der Waals surface area contributed by atoms with Crippen LogP contribution in [0.2, 0.25) is 0 Å². The summed E-state index contributed by atoms with van der Waals surface area (Å²) in [4.78, 5) is 0. The van der Waals surface area contributed by atoms with Crippen LogP contribution >= 0.6 is 0 Å². The quantitative estimate of drug-likeness (QED) is 0.723. The minimum atomic E-state index is 0.730. The number of methoxy groups -OCH3 is 1. The van der Waals surface area contributed by atoms with E-state index in [9.17, 15) is 0 Å². The van der Waals surface area contributed by atoms with Crippen LogP contribution < -0.4 is 5.32 Å². The van der Waals surface area contributed by atoms with Crippen molar-refractivity contribution in [2.45, 2.75) is 39.2 Å². The van der Waals surface area contributed by atoms with Gasteiger partial charge in [0.1, 0.15) is 0 Å². The van der Waals surface area contributed by atoms with Crippen LogP contribution in [0.1, 0.15) is 33.1 Å². The average Bonchev–Trinajstić information content (AvgIpc) is 2.04. The standard InChI is InChI=1S/C11H23NO/c1-9(2)6-11-7-10(8-13-3)4-5-12-11/h9-12H,4-8H2,1-3H3. The Morgan fingerprint density at radius 1 is 1.46 bits per heavy atom. The van der Waals surface area contributed by atoms with Gasteiger partial charge in [0.15, 0.2) is 0 Å². The first-order chi connectivity index (χ1) is 6.22. The summed E-state index contributed by atoms with van der Waals surface area (Å²) in [5.74, 6) is 1.59. The summed E-state index contributed by atoms with van der Waals surface area (Å²) in [6, 6.07) is 0.730. The van der Waals surface area contributed by atoms with Crippen molar-refractivity contribution in [3.63, 3.8) is 0 Å². The Kier molecular flexibility index (Phi) is 4.74. The van der Waals surface area contributed by atoms with Crippen molar-refractivity contribution < 1.29 is 4.74 Å². The van der Waals surface area contributed by atoms with Gasteiger partial charge in [0.25, 0.3) is 0 Å². The predicted octanol–water partition coefficient (Wildman–Crippen LogP) is 2.05. The van der Waals surface area contributed by atoms with E-state index in [1.807, 2.05) is 0 Å². The molecule has 1 fully saturated rings. The lowest BCUT2D eigenvalue weighted by Gasteiger charge is -2.30. The van der Waals surface area contributed by atoms with Gasteiger partial charge in [-0.1, -0.05) is 13.8 Å². The summed E-state index contributed by atoms with van der Waals surface area (Å²) in [5, 5.41) is 3.58. The SMILES string of the molecule is COCC1CCNC(CC(C)C)C1. The zero-order chi connectivity index (χ0) is 9.68. The maximum atomic E-state index is 5.21. The normalized spacial score (nSPS) is 29.5. The van der Waals surface area contributed by atoms with E-state index < -0.39 is 0 Å². The van der Waals surface area contributed by atoms with Crippen molar-refractivity contribution in [3.05, 3.63) is 0 Å². The van der Waals surface area contributed by atoms with E-state index in [-0.39, 0.29) is 0 Å². The molecule has 1 aliphatic rings. The molecule has 1 aliphatic heterocycles. The molecule has 1 heterocycles.